The van der Waals surface area contributed by atoms with Crippen molar-refractivity contribution in [1.29, 1.82) is 0 Å². The molecule has 2 fully saturated rings. The molecule has 3 nitrogen and oxygen atoms in total. The van der Waals surface area contributed by atoms with Gasteiger partial charge in [-0.15, -0.1) is 0 Å². The van der Waals surface area contributed by atoms with Crippen LogP contribution in [-0.4, -0.2) is 30.4 Å². The molecular formula is C15H28N2O. The number of hydrogen-bond donors (Lipinski definition) is 1. The van der Waals surface area contributed by atoms with Gasteiger partial charge in [-0.25, -0.2) is 0 Å². The van der Waals surface area contributed by atoms with E-state index in [1.807, 2.05) is 11.9 Å². The van der Waals surface area contributed by atoms with E-state index in [0.717, 1.165) is 31.7 Å². The Morgan fingerprint density at radius 2 is 1.89 bits per heavy atom. The van der Waals surface area contributed by atoms with Crippen LogP contribution in [0.25, 0.3) is 0 Å². The van der Waals surface area contributed by atoms with Crippen LogP contribution in [0, 0.1) is 11.8 Å². The van der Waals surface area contributed by atoms with Crippen LogP contribution in [0.3, 0.4) is 0 Å². The van der Waals surface area contributed by atoms with Crippen molar-refractivity contribution in [3.63, 3.8) is 0 Å². The molecule has 0 spiro atoms. The molecule has 0 saturated heterocycles. The maximum absolute atomic E-state index is 12.2. The van der Waals surface area contributed by atoms with E-state index in [4.69, 9.17) is 5.73 Å². The van der Waals surface area contributed by atoms with Crippen LogP contribution in [0.5, 0.6) is 0 Å². The molecule has 2 rings (SSSR count). The first-order valence-corrected chi connectivity index (χ1v) is 7.67. The summed E-state index contributed by atoms with van der Waals surface area (Å²) in [5.41, 5.74) is 5.88. The number of carbonyl (C=O) groups is 1. The van der Waals surface area contributed by atoms with Gasteiger partial charge < -0.3 is 10.6 Å². The molecule has 0 aliphatic heterocycles. The number of hydrogen-bond acceptors (Lipinski definition) is 2. The number of rotatable bonds is 4. The van der Waals surface area contributed by atoms with Gasteiger partial charge in [0.1, 0.15) is 0 Å². The summed E-state index contributed by atoms with van der Waals surface area (Å²) in [7, 11) is 1.97. The highest BCUT2D eigenvalue weighted by Gasteiger charge is 2.29. The smallest absolute Gasteiger partial charge is 0.225 e. The summed E-state index contributed by atoms with van der Waals surface area (Å²) < 4.78 is 0. The number of nitrogens with two attached hydrogens (primary N) is 1. The largest absolute Gasteiger partial charge is 0.346 e. The molecule has 104 valence electrons. The molecule has 18 heavy (non-hydrogen) atoms. The molecule has 0 radical (unpaired) electrons. The van der Waals surface area contributed by atoms with Crippen LogP contribution in [0.15, 0.2) is 0 Å². The zero-order valence-electron chi connectivity index (χ0n) is 11.7. The zero-order chi connectivity index (χ0) is 13.0. The van der Waals surface area contributed by atoms with Gasteiger partial charge in [0.25, 0.3) is 0 Å². The second kappa shape index (κ2) is 6.55. The van der Waals surface area contributed by atoms with Crippen LogP contribution in [0.2, 0.25) is 0 Å². The summed E-state index contributed by atoms with van der Waals surface area (Å²) in [4.78, 5) is 14.2. The van der Waals surface area contributed by atoms with Crippen molar-refractivity contribution in [3.8, 4) is 0 Å². The van der Waals surface area contributed by atoms with Crippen molar-refractivity contribution in [2.75, 3.05) is 13.6 Å². The van der Waals surface area contributed by atoms with E-state index in [1.165, 1.54) is 38.5 Å². The third-order valence-electron chi connectivity index (χ3n) is 4.80. The predicted molar refractivity (Wildman–Crippen MR) is 74.1 cm³/mol. The Kier molecular flexibility index (Phi) is 5.04. The molecular weight excluding hydrogens is 224 g/mol. The van der Waals surface area contributed by atoms with Crippen molar-refractivity contribution in [2.24, 2.45) is 17.6 Å². The molecule has 2 aliphatic carbocycles. The quantitative estimate of drug-likeness (QED) is 0.835. The summed E-state index contributed by atoms with van der Waals surface area (Å²) in [6.07, 6.45) is 11.0. The second-order valence-electron chi connectivity index (χ2n) is 6.32. The molecule has 3 heteroatoms. The molecule has 0 aromatic carbocycles. The first-order chi connectivity index (χ1) is 8.66. The van der Waals surface area contributed by atoms with E-state index in [1.54, 1.807) is 0 Å². The molecule has 0 bridgehead atoms. The van der Waals surface area contributed by atoms with Crippen LogP contribution in [-0.2, 0) is 4.79 Å². The standard InChI is InChI=1S/C15H28N2O/c1-17(10-9-12-5-3-2-4-6-12)15(18)13-7-8-14(16)11-13/h12-14H,2-11,16H2,1H3. The van der Waals surface area contributed by atoms with Gasteiger partial charge in [0, 0.05) is 25.6 Å². The van der Waals surface area contributed by atoms with E-state index < -0.39 is 0 Å². The van der Waals surface area contributed by atoms with Gasteiger partial charge in [0.05, 0.1) is 0 Å². The Balaban J connectivity index is 1.70. The van der Waals surface area contributed by atoms with E-state index in [9.17, 15) is 4.79 Å². The second-order valence-corrected chi connectivity index (χ2v) is 6.32. The molecule has 0 aromatic rings. The van der Waals surface area contributed by atoms with Crippen molar-refractivity contribution >= 4 is 5.91 Å². The molecule has 1 amide bonds. The highest BCUT2D eigenvalue weighted by molar-refractivity contribution is 5.78. The summed E-state index contributed by atoms with van der Waals surface area (Å²) in [6.45, 7) is 0.940. The predicted octanol–water partition coefficient (Wildman–Crippen LogP) is 2.54. The lowest BCUT2D eigenvalue weighted by atomic mass is 9.87. The maximum atomic E-state index is 12.2. The zero-order valence-corrected chi connectivity index (χ0v) is 11.7. The fourth-order valence-electron chi connectivity index (χ4n) is 3.51. The number of carbonyl (C=O) groups excluding carboxylic acids is 1. The number of amides is 1. The lowest BCUT2D eigenvalue weighted by Gasteiger charge is -2.26. The molecule has 2 aliphatic rings. The van der Waals surface area contributed by atoms with E-state index in [-0.39, 0.29) is 12.0 Å². The summed E-state index contributed by atoms with van der Waals surface area (Å²) in [5, 5.41) is 0. The summed E-state index contributed by atoms with van der Waals surface area (Å²) in [5.74, 6) is 1.40. The van der Waals surface area contributed by atoms with Crippen molar-refractivity contribution in [1.82, 2.24) is 4.90 Å². The Morgan fingerprint density at radius 1 is 1.17 bits per heavy atom. The molecule has 0 heterocycles. The molecule has 2 atom stereocenters. The van der Waals surface area contributed by atoms with E-state index in [0.29, 0.717) is 5.91 Å². The van der Waals surface area contributed by atoms with Gasteiger partial charge in [-0.1, -0.05) is 32.1 Å². The summed E-state index contributed by atoms with van der Waals surface area (Å²) >= 11 is 0. The van der Waals surface area contributed by atoms with E-state index >= 15 is 0 Å². The fourth-order valence-corrected chi connectivity index (χ4v) is 3.51. The Bertz CT molecular complexity index is 274. The molecule has 2 saturated carbocycles. The highest BCUT2D eigenvalue weighted by Crippen LogP contribution is 2.28. The van der Waals surface area contributed by atoms with Gasteiger partial charge in [-0.05, 0) is 31.6 Å². The highest BCUT2D eigenvalue weighted by atomic mass is 16.2. The van der Waals surface area contributed by atoms with Crippen molar-refractivity contribution in [2.45, 2.75) is 63.8 Å². The molecule has 2 N–H and O–H groups in total. The van der Waals surface area contributed by atoms with Crippen molar-refractivity contribution < 1.29 is 4.79 Å². The van der Waals surface area contributed by atoms with Gasteiger partial charge in [-0.2, -0.15) is 0 Å². The fraction of sp³-hybridized carbons (Fsp3) is 0.933. The van der Waals surface area contributed by atoms with Gasteiger partial charge in [-0.3, -0.25) is 4.79 Å². The van der Waals surface area contributed by atoms with Crippen LogP contribution >= 0.6 is 0 Å². The minimum absolute atomic E-state index is 0.205. The molecule has 2 unspecified atom stereocenters. The Labute approximate surface area is 111 Å². The summed E-state index contributed by atoms with van der Waals surface area (Å²) in [6, 6.07) is 0.255. The third-order valence-corrected chi connectivity index (χ3v) is 4.80. The first-order valence-electron chi connectivity index (χ1n) is 7.67. The topological polar surface area (TPSA) is 46.3 Å². The average molecular weight is 252 g/mol. The van der Waals surface area contributed by atoms with E-state index in [2.05, 4.69) is 0 Å². The van der Waals surface area contributed by atoms with Crippen molar-refractivity contribution in [3.05, 3.63) is 0 Å². The monoisotopic (exact) mass is 252 g/mol. The lowest BCUT2D eigenvalue weighted by molar-refractivity contribution is -0.134. The van der Waals surface area contributed by atoms with Gasteiger partial charge in [0.2, 0.25) is 5.91 Å². The molecule has 0 aromatic heterocycles. The maximum Gasteiger partial charge on any atom is 0.225 e. The first kappa shape index (κ1) is 13.9. The van der Waals surface area contributed by atoms with Gasteiger partial charge >= 0.3 is 0 Å². The van der Waals surface area contributed by atoms with Crippen LogP contribution in [0.4, 0.5) is 0 Å². The Morgan fingerprint density at radius 3 is 2.50 bits per heavy atom. The lowest BCUT2D eigenvalue weighted by Crippen LogP contribution is -2.34. The normalized spacial score (nSPS) is 29.4. The number of nitrogens with zero attached hydrogens (tertiary/aromatic N) is 1. The van der Waals surface area contributed by atoms with Gasteiger partial charge in [0.15, 0.2) is 0 Å². The minimum atomic E-state index is 0.205. The van der Waals surface area contributed by atoms with Crippen LogP contribution < -0.4 is 5.73 Å². The SMILES string of the molecule is CN(CCC1CCCCC1)C(=O)C1CCC(N)C1. The average Bonchev–Trinajstić information content (AvgIpc) is 2.83. The van der Waals surface area contributed by atoms with Crippen LogP contribution in [0.1, 0.15) is 57.8 Å². The third kappa shape index (κ3) is 3.71. The Hall–Kier alpha value is -0.570. The minimum Gasteiger partial charge on any atom is -0.346 e.